The van der Waals surface area contributed by atoms with Gasteiger partial charge in [0.05, 0.1) is 5.41 Å². The van der Waals surface area contributed by atoms with Crippen LogP contribution in [-0.2, 0) is 10.2 Å². The van der Waals surface area contributed by atoms with Gasteiger partial charge in [-0.3, -0.25) is 9.59 Å². The van der Waals surface area contributed by atoms with Gasteiger partial charge in [-0.2, -0.15) is 0 Å². The molecule has 0 saturated heterocycles. The summed E-state index contributed by atoms with van der Waals surface area (Å²) in [4.78, 5) is 23.8. The van der Waals surface area contributed by atoms with Crippen molar-refractivity contribution in [3.8, 4) is 0 Å². The summed E-state index contributed by atoms with van der Waals surface area (Å²) < 4.78 is 5.19. The van der Waals surface area contributed by atoms with E-state index in [0.717, 1.165) is 25.7 Å². The van der Waals surface area contributed by atoms with Gasteiger partial charge >= 0.3 is 0 Å². The van der Waals surface area contributed by atoms with Gasteiger partial charge in [0.1, 0.15) is 5.76 Å². The zero-order valence-electron chi connectivity index (χ0n) is 12.9. The molecule has 2 amide bonds. The fourth-order valence-corrected chi connectivity index (χ4v) is 2.64. The van der Waals surface area contributed by atoms with E-state index in [1.807, 2.05) is 20.8 Å². The number of nitrogens with two attached hydrogens (primary N) is 1. The molecule has 0 atom stereocenters. The maximum atomic E-state index is 12.1. The molecule has 1 aliphatic rings. The summed E-state index contributed by atoms with van der Waals surface area (Å²) in [5.41, 5.74) is 4.92. The molecule has 0 bridgehead atoms. The molecule has 2 rings (SSSR count). The van der Waals surface area contributed by atoms with Crippen LogP contribution in [0, 0.1) is 5.41 Å². The van der Waals surface area contributed by atoms with E-state index in [-0.39, 0.29) is 29.5 Å². The van der Waals surface area contributed by atoms with Crippen LogP contribution >= 0.6 is 0 Å². The van der Waals surface area contributed by atoms with E-state index in [0.29, 0.717) is 5.76 Å². The van der Waals surface area contributed by atoms with Crippen LogP contribution in [0.1, 0.15) is 62.7 Å². The van der Waals surface area contributed by atoms with Crippen LogP contribution in [0.5, 0.6) is 0 Å². The molecule has 0 radical (unpaired) electrons. The number of nitrogens with one attached hydrogen (secondary N) is 1. The first kappa shape index (κ1) is 15.5. The normalized spacial score (nSPS) is 17.7. The fraction of sp³-hybridized carbons (Fsp3) is 0.667. The number of primary amides is 1. The highest BCUT2D eigenvalue weighted by Crippen LogP contribution is 2.37. The summed E-state index contributed by atoms with van der Waals surface area (Å²) >= 11 is 0. The number of amides is 2. The van der Waals surface area contributed by atoms with Crippen LogP contribution in [0.3, 0.4) is 0 Å². The molecule has 1 saturated carbocycles. The van der Waals surface area contributed by atoms with Crippen molar-refractivity contribution >= 4 is 11.8 Å². The van der Waals surface area contributed by atoms with Crippen molar-refractivity contribution in [2.45, 2.75) is 51.9 Å². The molecule has 0 aliphatic heterocycles. The Hall–Kier alpha value is -1.85. The first-order valence-corrected chi connectivity index (χ1v) is 7.30. The molecular formula is C15H23N3O3. The predicted molar refractivity (Wildman–Crippen MR) is 77.6 cm³/mol. The zero-order valence-corrected chi connectivity index (χ0v) is 12.9. The van der Waals surface area contributed by atoms with E-state index < -0.39 is 5.41 Å². The van der Waals surface area contributed by atoms with Crippen LogP contribution in [-0.4, -0.2) is 23.5 Å². The van der Waals surface area contributed by atoms with Crippen LogP contribution < -0.4 is 11.1 Å². The first-order valence-electron chi connectivity index (χ1n) is 7.30. The third-order valence-corrected chi connectivity index (χ3v) is 4.15. The number of carbonyl (C=O) groups excluding carboxylic acids is 2. The molecule has 0 spiro atoms. The lowest BCUT2D eigenvalue weighted by atomic mass is 9.85. The largest absolute Gasteiger partial charge is 0.369 e. The lowest BCUT2D eigenvalue weighted by molar-refractivity contribution is -0.127. The smallest absolute Gasteiger partial charge is 0.273 e. The molecule has 1 aliphatic carbocycles. The number of aromatic nitrogens is 1. The van der Waals surface area contributed by atoms with Crippen molar-refractivity contribution < 1.29 is 14.1 Å². The fourth-order valence-electron chi connectivity index (χ4n) is 2.64. The Kier molecular flexibility index (Phi) is 4.07. The SMILES string of the molecule is CC(C)(C)c1cc(C(=O)NCC2(C(N)=O)CCCC2)no1. The van der Waals surface area contributed by atoms with Gasteiger partial charge in [-0.25, -0.2) is 0 Å². The van der Waals surface area contributed by atoms with Crippen molar-refractivity contribution in [2.24, 2.45) is 11.1 Å². The van der Waals surface area contributed by atoms with Crippen LogP contribution in [0.2, 0.25) is 0 Å². The van der Waals surface area contributed by atoms with E-state index in [9.17, 15) is 9.59 Å². The standard InChI is InChI=1S/C15H23N3O3/c1-14(2,3)11-8-10(18-21-11)12(19)17-9-15(13(16)20)6-4-5-7-15/h8H,4-7,9H2,1-3H3,(H2,16,20)(H,17,19). The minimum atomic E-state index is -0.605. The first-order chi connectivity index (χ1) is 9.74. The number of hydrogen-bond donors (Lipinski definition) is 2. The highest BCUT2D eigenvalue weighted by atomic mass is 16.5. The average Bonchev–Trinajstić information content (AvgIpc) is 3.05. The minimum absolute atomic E-state index is 0.203. The molecule has 116 valence electrons. The molecule has 1 heterocycles. The molecular weight excluding hydrogens is 270 g/mol. The van der Waals surface area contributed by atoms with Gasteiger partial charge in [-0.05, 0) is 12.8 Å². The second-order valence-electron chi connectivity index (χ2n) is 6.86. The predicted octanol–water partition coefficient (Wildman–Crippen LogP) is 1.75. The lowest BCUT2D eigenvalue weighted by Gasteiger charge is -2.24. The van der Waals surface area contributed by atoms with Crippen molar-refractivity contribution in [2.75, 3.05) is 6.54 Å². The highest BCUT2D eigenvalue weighted by molar-refractivity contribution is 5.93. The number of nitrogens with zero attached hydrogens (tertiary/aromatic N) is 1. The van der Waals surface area contributed by atoms with Crippen LogP contribution in [0.4, 0.5) is 0 Å². The van der Waals surface area contributed by atoms with Gasteiger partial charge < -0.3 is 15.6 Å². The maximum Gasteiger partial charge on any atom is 0.273 e. The topological polar surface area (TPSA) is 98.2 Å². The van der Waals surface area contributed by atoms with Gasteiger partial charge in [0.2, 0.25) is 5.91 Å². The second kappa shape index (κ2) is 5.50. The molecule has 0 unspecified atom stereocenters. The van der Waals surface area contributed by atoms with Crippen LogP contribution in [0.15, 0.2) is 10.6 Å². The Morgan fingerprint density at radius 1 is 1.38 bits per heavy atom. The second-order valence-corrected chi connectivity index (χ2v) is 6.86. The zero-order chi connectivity index (χ0) is 15.7. The summed E-state index contributed by atoms with van der Waals surface area (Å²) in [5.74, 6) is -0.0178. The Labute approximate surface area is 124 Å². The van der Waals surface area contributed by atoms with Crippen LogP contribution in [0.25, 0.3) is 0 Å². The number of hydrogen-bond acceptors (Lipinski definition) is 4. The van der Waals surface area contributed by atoms with E-state index in [1.54, 1.807) is 6.07 Å². The molecule has 1 fully saturated rings. The Morgan fingerprint density at radius 2 is 2.00 bits per heavy atom. The highest BCUT2D eigenvalue weighted by Gasteiger charge is 2.40. The number of rotatable bonds is 4. The quantitative estimate of drug-likeness (QED) is 0.883. The molecule has 6 heteroatoms. The molecule has 0 aromatic carbocycles. The summed E-state index contributed by atoms with van der Waals surface area (Å²) in [6, 6.07) is 1.64. The van der Waals surface area contributed by atoms with Gasteiger partial charge in [0, 0.05) is 18.0 Å². The minimum Gasteiger partial charge on any atom is -0.369 e. The Balaban J connectivity index is 2.02. The third kappa shape index (κ3) is 3.25. The van der Waals surface area contributed by atoms with Crippen molar-refractivity contribution in [1.82, 2.24) is 10.5 Å². The van der Waals surface area contributed by atoms with E-state index in [4.69, 9.17) is 10.3 Å². The van der Waals surface area contributed by atoms with E-state index in [1.165, 1.54) is 0 Å². The summed E-state index contributed by atoms with van der Waals surface area (Å²) in [6.45, 7) is 6.21. The van der Waals surface area contributed by atoms with Crippen molar-refractivity contribution in [3.63, 3.8) is 0 Å². The van der Waals surface area contributed by atoms with Gasteiger partial charge in [-0.1, -0.05) is 38.8 Å². The molecule has 6 nitrogen and oxygen atoms in total. The van der Waals surface area contributed by atoms with Gasteiger partial charge in [0.25, 0.3) is 5.91 Å². The third-order valence-electron chi connectivity index (χ3n) is 4.15. The maximum absolute atomic E-state index is 12.1. The van der Waals surface area contributed by atoms with Crippen molar-refractivity contribution in [3.05, 3.63) is 17.5 Å². The molecule has 1 aromatic rings. The van der Waals surface area contributed by atoms with E-state index in [2.05, 4.69) is 10.5 Å². The lowest BCUT2D eigenvalue weighted by Crippen LogP contribution is -2.44. The van der Waals surface area contributed by atoms with E-state index >= 15 is 0 Å². The summed E-state index contributed by atoms with van der Waals surface area (Å²) in [7, 11) is 0. The monoisotopic (exact) mass is 293 g/mol. The average molecular weight is 293 g/mol. The summed E-state index contributed by atoms with van der Waals surface area (Å²) in [5, 5.41) is 6.56. The van der Waals surface area contributed by atoms with Gasteiger partial charge in [-0.15, -0.1) is 0 Å². The van der Waals surface area contributed by atoms with Crippen molar-refractivity contribution in [1.29, 1.82) is 0 Å². The number of carbonyl (C=O) groups is 2. The molecule has 21 heavy (non-hydrogen) atoms. The summed E-state index contributed by atoms with van der Waals surface area (Å²) in [6.07, 6.45) is 3.40. The Bertz CT molecular complexity index is 537. The molecule has 1 aromatic heterocycles. The Morgan fingerprint density at radius 3 is 2.48 bits per heavy atom. The molecule has 3 N–H and O–H groups in total. The van der Waals surface area contributed by atoms with Gasteiger partial charge in [0.15, 0.2) is 5.69 Å².